The smallest absolute Gasteiger partial charge is 0.220 e. The first-order valence-corrected chi connectivity index (χ1v) is 34.2. The molecule has 0 heterocycles. The number of aliphatic hydroxyl groups excluding tert-OH is 2. The molecule has 3 N–H and O–H groups in total. The number of nitrogens with one attached hydrogen (secondary N) is 1. The normalized spacial score (nSPS) is 12.9. The van der Waals surface area contributed by atoms with Crippen molar-refractivity contribution in [2.24, 2.45) is 0 Å². The summed E-state index contributed by atoms with van der Waals surface area (Å²) in [4.78, 5) is 12.5. The molecule has 4 nitrogen and oxygen atoms in total. The van der Waals surface area contributed by atoms with Gasteiger partial charge in [-0.2, -0.15) is 0 Å². The number of aliphatic hydroxyl groups is 2. The zero-order valence-electron chi connectivity index (χ0n) is 50.6. The summed E-state index contributed by atoms with van der Waals surface area (Å²) in [5, 5.41) is 23.3. The maximum atomic E-state index is 12.5. The Morgan fingerprint density at radius 1 is 0.324 bits per heavy atom. The van der Waals surface area contributed by atoms with Crippen LogP contribution in [0.25, 0.3) is 0 Å². The van der Waals surface area contributed by atoms with Gasteiger partial charge in [0.15, 0.2) is 0 Å². The topological polar surface area (TPSA) is 69.6 Å². The Kier molecular flexibility index (Phi) is 64.7. The van der Waals surface area contributed by atoms with Crippen LogP contribution in [-0.4, -0.2) is 34.9 Å². The van der Waals surface area contributed by atoms with Crippen LogP contribution in [0.4, 0.5) is 0 Å². The molecule has 0 aromatic carbocycles. The molecule has 0 aliphatic carbocycles. The molecule has 74 heavy (non-hydrogen) atoms. The lowest BCUT2D eigenvalue weighted by atomic mass is 10.0. The zero-order chi connectivity index (χ0) is 53.4. The van der Waals surface area contributed by atoms with Crippen molar-refractivity contribution in [2.45, 2.75) is 398 Å². The summed E-state index contributed by atoms with van der Waals surface area (Å²) in [7, 11) is 0. The predicted molar refractivity (Wildman–Crippen MR) is 332 cm³/mol. The van der Waals surface area contributed by atoms with E-state index in [0.717, 1.165) is 32.1 Å². The molecule has 4 heteroatoms. The lowest BCUT2D eigenvalue weighted by molar-refractivity contribution is -0.123. The minimum Gasteiger partial charge on any atom is -0.394 e. The van der Waals surface area contributed by atoms with E-state index in [1.54, 1.807) is 6.08 Å². The summed E-state index contributed by atoms with van der Waals surface area (Å²) in [5.74, 6) is -0.0562. The van der Waals surface area contributed by atoms with Crippen molar-refractivity contribution in [3.8, 4) is 0 Å². The number of rotatable bonds is 64. The monoisotopic (exact) mass is 1040 g/mol. The van der Waals surface area contributed by atoms with Crippen molar-refractivity contribution in [1.82, 2.24) is 5.32 Å². The first-order chi connectivity index (χ1) is 36.7. The zero-order valence-corrected chi connectivity index (χ0v) is 50.6. The fourth-order valence-corrected chi connectivity index (χ4v) is 10.9. The highest BCUT2D eigenvalue weighted by Gasteiger charge is 2.18. The summed E-state index contributed by atoms with van der Waals surface area (Å²) in [6, 6.07) is -0.622. The van der Waals surface area contributed by atoms with E-state index in [9.17, 15) is 15.0 Å². The molecule has 0 saturated carbocycles. The van der Waals surface area contributed by atoms with Gasteiger partial charge in [0.2, 0.25) is 5.91 Å². The van der Waals surface area contributed by atoms with Crippen LogP contribution < -0.4 is 5.32 Å². The van der Waals surface area contributed by atoms with Crippen molar-refractivity contribution in [1.29, 1.82) is 0 Å². The van der Waals surface area contributed by atoms with E-state index in [2.05, 4.69) is 43.5 Å². The minimum atomic E-state index is -0.840. The van der Waals surface area contributed by atoms with Crippen LogP contribution in [0.3, 0.4) is 0 Å². The van der Waals surface area contributed by atoms with Gasteiger partial charge in [0.05, 0.1) is 18.8 Å². The summed E-state index contributed by atoms with van der Waals surface area (Å²) < 4.78 is 0. The van der Waals surface area contributed by atoms with Gasteiger partial charge in [0.1, 0.15) is 0 Å². The van der Waals surface area contributed by atoms with Crippen LogP contribution in [-0.2, 0) is 4.79 Å². The fourth-order valence-electron chi connectivity index (χ4n) is 10.9. The van der Waals surface area contributed by atoms with Crippen molar-refractivity contribution in [2.75, 3.05) is 6.61 Å². The molecule has 0 radical (unpaired) electrons. The maximum absolute atomic E-state index is 12.5. The predicted octanol–water partition coefficient (Wildman–Crippen LogP) is 23.2. The molecule has 0 saturated heterocycles. The third-order valence-electron chi connectivity index (χ3n) is 16.1. The van der Waals surface area contributed by atoms with Gasteiger partial charge in [0.25, 0.3) is 0 Å². The quantitative estimate of drug-likeness (QED) is 0.0420. The second-order valence-electron chi connectivity index (χ2n) is 23.6. The van der Waals surface area contributed by atoms with E-state index in [1.807, 2.05) is 6.08 Å². The summed E-state index contributed by atoms with van der Waals surface area (Å²) in [6.07, 6.45) is 90.8. The van der Waals surface area contributed by atoms with Gasteiger partial charge in [-0.1, -0.05) is 365 Å². The number of unbranched alkanes of at least 4 members (excludes halogenated alkanes) is 53. The molecule has 0 aliphatic rings. The van der Waals surface area contributed by atoms with Crippen LogP contribution in [0.2, 0.25) is 0 Å². The molecule has 0 rings (SSSR count). The van der Waals surface area contributed by atoms with Crippen LogP contribution in [0.5, 0.6) is 0 Å². The van der Waals surface area contributed by atoms with Crippen molar-refractivity contribution < 1.29 is 15.0 Å². The molecule has 0 aromatic heterocycles. The second kappa shape index (κ2) is 65.9. The number of allylic oxidation sites excluding steroid dienone is 5. The Bertz CT molecular complexity index is 1130. The summed E-state index contributed by atoms with van der Waals surface area (Å²) >= 11 is 0. The fraction of sp³-hybridized carbons (Fsp3) is 0.900. The highest BCUT2D eigenvalue weighted by atomic mass is 16.3. The number of hydrogen-bond donors (Lipinski definition) is 3. The Morgan fingerprint density at radius 3 is 0.811 bits per heavy atom. The van der Waals surface area contributed by atoms with Crippen molar-refractivity contribution in [3.05, 3.63) is 36.5 Å². The molecule has 0 spiro atoms. The van der Waals surface area contributed by atoms with Gasteiger partial charge >= 0.3 is 0 Å². The third kappa shape index (κ3) is 61.5. The van der Waals surface area contributed by atoms with E-state index < -0.39 is 12.1 Å². The molecule has 2 unspecified atom stereocenters. The Balaban J connectivity index is 3.42. The lowest BCUT2D eigenvalue weighted by Crippen LogP contribution is -2.45. The van der Waals surface area contributed by atoms with Gasteiger partial charge in [-0.3, -0.25) is 4.79 Å². The molecular weight excluding hydrogens is 903 g/mol. The maximum Gasteiger partial charge on any atom is 0.220 e. The molecule has 0 bridgehead atoms. The SMILES string of the molecule is CCCCCCC/C=C\C/C=C\CCCCCCCCCCCCCCCCCCCCCC(=O)NC(CO)C(O)/C=C/CCCCCCCCCCCCCCCCCCCCCCCCCCCCCCC. The van der Waals surface area contributed by atoms with Crippen LogP contribution in [0.15, 0.2) is 36.5 Å². The molecule has 1 amide bonds. The van der Waals surface area contributed by atoms with Gasteiger partial charge in [-0.15, -0.1) is 0 Å². The van der Waals surface area contributed by atoms with Crippen LogP contribution in [0, 0.1) is 0 Å². The molecule has 438 valence electrons. The number of hydrogen-bond acceptors (Lipinski definition) is 3. The number of amides is 1. The van der Waals surface area contributed by atoms with Gasteiger partial charge in [0, 0.05) is 6.42 Å². The van der Waals surface area contributed by atoms with Crippen LogP contribution in [0.1, 0.15) is 386 Å². The molecule has 0 aromatic rings. The lowest BCUT2D eigenvalue weighted by Gasteiger charge is -2.20. The molecule has 0 aliphatic heterocycles. The Hall–Kier alpha value is -1.39. The van der Waals surface area contributed by atoms with Crippen molar-refractivity contribution >= 4 is 5.91 Å². The van der Waals surface area contributed by atoms with E-state index in [0.29, 0.717) is 6.42 Å². The Labute approximate surface area is 465 Å². The average Bonchev–Trinajstić information content (AvgIpc) is 3.40. The first kappa shape index (κ1) is 72.6. The molecular formula is C70H135NO3. The van der Waals surface area contributed by atoms with Gasteiger partial charge < -0.3 is 15.5 Å². The number of carbonyl (C=O) groups excluding carboxylic acids is 1. The number of carbonyl (C=O) groups is 1. The Morgan fingerprint density at radius 2 is 0.554 bits per heavy atom. The van der Waals surface area contributed by atoms with E-state index >= 15 is 0 Å². The van der Waals surface area contributed by atoms with E-state index in [1.165, 1.54) is 334 Å². The second-order valence-corrected chi connectivity index (χ2v) is 23.6. The van der Waals surface area contributed by atoms with Crippen LogP contribution >= 0.6 is 0 Å². The standard InChI is InChI=1S/C70H135NO3/c1-3-5-7-9-11-13-15-17-19-21-23-25-27-29-31-33-35-37-39-41-43-45-47-49-51-53-55-57-59-61-63-65-69(73)68(67-72)71-70(74)66-64-62-60-58-56-54-52-50-48-46-44-42-40-38-36-34-32-30-28-26-24-22-20-18-16-14-12-10-8-6-4-2/h16,18,22,24,63,65,68-69,72-73H,3-15,17,19-21,23,25-62,64,66-67H2,1-2H3,(H,71,74)/b18-16-,24-22-,65-63+. The summed E-state index contributed by atoms with van der Waals surface area (Å²) in [5.41, 5.74) is 0. The van der Waals surface area contributed by atoms with E-state index in [4.69, 9.17) is 0 Å². The first-order valence-electron chi connectivity index (χ1n) is 34.2. The van der Waals surface area contributed by atoms with Gasteiger partial charge in [-0.25, -0.2) is 0 Å². The average molecular weight is 1040 g/mol. The molecule has 2 atom stereocenters. The molecule has 0 fully saturated rings. The minimum absolute atomic E-state index is 0.0562. The highest BCUT2D eigenvalue weighted by Crippen LogP contribution is 2.19. The largest absolute Gasteiger partial charge is 0.394 e. The van der Waals surface area contributed by atoms with E-state index in [-0.39, 0.29) is 12.5 Å². The summed E-state index contributed by atoms with van der Waals surface area (Å²) in [6.45, 7) is 4.34. The highest BCUT2D eigenvalue weighted by molar-refractivity contribution is 5.76. The van der Waals surface area contributed by atoms with Gasteiger partial charge in [-0.05, 0) is 51.4 Å². The third-order valence-corrected chi connectivity index (χ3v) is 16.1. The van der Waals surface area contributed by atoms with Crippen molar-refractivity contribution in [3.63, 3.8) is 0 Å².